The number of hydrogen-bond donors (Lipinski definition) is 2. The van der Waals surface area contributed by atoms with E-state index in [1.54, 1.807) is 12.1 Å². The molecule has 0 radical (unpaired) electrons. The molecule has 3 unspecified atom stereocenters. The lowest BCUT2D eigenvalue weighted by molar-refractivity contribution is -0.00896. The highest BCUT2D eigenvalue weighted by Crippen LogP contribution is 2.45. The SMILES string of the molecule is CC1(C)CCCCC1C(O)C(CN)c1ccc(F)cc1. The van der Waals surface area contributed by atoms with E-state index in [9.17, 15) is 9.50 Å². The predicted molar refractivity (Wildman–Crippen MR) is 79.9 cm³/mol. The molecule has 20 heavy (non-hydrogen) atoms. The molecule has 1 fully saturated rings. The van der Waals surface area contributed by atoms with Gasteiger partial charge in [-0.3, -0.25) is 0 Å². The Morgan fingerprint density at radius 1 is 1.30 bits per heavy atom. The molecule has 2 nitrogen and oxygen atoms in total. The van der Waals surface area contributed by atoms with Crippen molar-refractivity contribution in [3.63, 3.8) is 0 Å². The molecule has 0 heterocycles. The van der Waals surface area contributed by atoms with Crippen LogP contribution in [0.2, 0.25) is 0 Å². The Morgan fingerprint density at radius 3 is 2.50 bits per heavy atom. The van der Waals surface area contributed by atoms with Crippen LogP contribution in [0.1, 0.15) is 51.0 Å². The highest BCUT2D eigenvalue weighted by atomic mass is 19.1. The van der Waals surface area contributed by atoms with Gasteiger partial charge in [0.25, 0.3) is 0 Å². The van der Waals surface area contributed by atoms with Crippen LogP contribution in [0.4, 0.5) is 4.39 Å². The highest BCUT2D eigenvalue weighted by molar-refractivity contribution is 5.22. The fourth-order valence-corrected chi connectivity index (χ4v) is 3.62. The van der Waals surface area contributed by atoms with Crippen molar-refractivity contribution in [1.82, 2.24) is 0 Å². The van der Waals surface area contributed by atoms with Gasteiger partial charge in [0.05, 0.1) is 6.10 Å². The van der Waals surface area contributed by atoms with Crippen molar-refractivity contribution in [2.45, 2.75) is 51.6 Å². The summed E-state index contributed by atoms with van der Waals surface area (Å²) in [4.78, 5) is 0. The molecule has 0 aromatic heterocycles. The maximum atomic E-state index is 13.0. The van der Waals surface area contributed by atoms with Gasteiger partial charge in [-0.2, -0.15) is 0 Å². The zero-order valence-corrected chi connectivity index (χ0v) is 12.5. The predicted octanol–water partition coefficient (Wildman–Crippen LogP) is 3.45. The minimum atomic E-state index is -0.458. The molecule has 3 atom stereocenters. The summed E-state index contributed by atoms with van der Waals surface area (Å²) in [6, 6.07) is 6.37. The van der Waals surface area contributed by atoms with Gasteiger partial charge in [0.2, 0.25) is 0 Å². The van der Waals surface area contributed by atoms with Crippen LogP contribution >= 0.6 is 0 Å². The number of aliphatic hydroxyl groups is 1. The van der Waals surface area contributed by atoms with E-state index < -0.39 is 6.10 Å². The molecule has 1 aliphatic carbocycles. The van der Waals surface area contributed by atoms with E-state index in [0.717, 1.165) is 18.4 Å². The molecule has 2 rings (SSSR count). The zero-order chi connectivity index (χ0) is 14.8. The molecule has 0 amide bonds. The summed E-state index contributed by atoms with van der Waals surface area (Å²) in [5.74, 6) is -0.107. The average molecular weight is 279 g/mol. The second-order valence-electron chi connectivity index (χ2n) is 6.73. The molecule has 3 heteroatoms. The molecule has 1 aromatic carbocycles. The summed E-state index contributed by atoms with van der Waals surface area (Å²) >= 11 is 0. The van der Waals surface area contributed by atoms with Gasteiger partial charge in [-0.1, -0.05) is 38.8 Å². The van der Waals surface area contributed by atoms with Gasteiger partial charge in [-0.05, 0) is 41.9 Å². The third kappa shape index (κ3) is 3.21. The lowest BCUT2D eigenvalue weighted by Crippen LogP contribution is -2.41. The smallest absolute Gasteiger partial charge is 0.123 e. The summed E-state index contributed by atoms with van der Waals surface area (Å²) in [5, 5.41) is 10.8. The van der Waals surface area contributed by atoms with Crippen molar-refractivity contribution in [2.75, 3.05) is 6.54 Å². The molecule has 0 spiro atoms. The zero-order valence-electron chi connectivity index (χ0n) is 12.5. The molecule has 0 saturated heterocycles. The summed E-state index contributed by atoms with van der Waals surface area (Å²) in [5.41, 5.74) is 6.96. The summed E-state index contributed by atoms with van der Waals surface area (Å²) in [6.07, 6.45) is 4.15. The summed E-state index contributed by atoms with van der Waals surface area (Å²) in [7, 11) is 0. The lowest BCUT2D eigenvalue weighted by Gasteiger charge is -2.43. The van der Waals surface area contributed by atoms with Crippen molar-refractivity contribution in [3.8, 4) is 0 Å². The van der Waals surface area contributed by atoms with Crippen molar-refractivity contribution in [3.05, 3.63) is 35.6 Å². The monoisotopic (exact) mass is 279 g/mol. The van der Waals surface area contributed by atoms with E-state index >= 15 is 0 Å². The largest absolute Gasteiger partial charge is 0.392 e. The molecular weight excluding hydrogens is 253 g/mol. The fraction of sp³-hybridized carbons (Fsp3) is 0.647. The van der Waals surface area contributed by atoms with Crippen LogP contribution in [0.5, 0.6) is 0 Å². The van der Waals surface area contributed by atoms with Crippen LogP contribution in [-0.4, -0.2) is 17.8 Å². The average Bonchev–Trinajstić information content (AvgIpc) is 2.41. The van der Waals surface area contributed by atoms with Crippen LogP contribution in [-0.2, 0) is 0 Å². The van der Waals surface area contributed by atoms with Crippen molar-refractivity contribution in [2.24, 2.45) is 17.1 Å². The molecule has 1 aromatic rings. The fourth-order valence-electron chi connectivity index (χ4n) is 3.62. The molecule has 1 aliphatic rings. The van der Waals surface area contributed by atoms with Crippen molar-refractivity contribution >= 4 is 0 Å². The minimum Gasteiger partial charge on any atom is -0.392 e. The second kappa shape index (κ2) is 6.23. The molecule has 1 saturated carbocycles. The molecule has 0 aliphatic heterocycles. The molecule has 0 bridgehead atoms. The van der Waals surface area contributed by atoms with Crippen LogP contribution in [0, 0.1) is 17.2 Å². The van der Waals surface area contributed by atoms with Gasteiger partial charge in [0.15, 0.2) is 0 Å². The van der Waals surface area contributed by atoms with Crippen LogP contribution < -0.4 is 5.73 Å². The Hall–Kier alpha value is -0.930. The first-order valence-corrected chi connectivity index (χ1v) is 7.59. The Balaban J connectivity index is 2.20. The first-order valence-electron chi connectivity index (χ1n) is 7.59. The third-order valence-corrected chi connectivity index (χ3v) is 4.97. The lowest BCUT2D eigenvalue weighted by atomic mass is 9.64. The topological polar surface area (TPSA) is 46.2 Å². The number of halogens is 1. The Labute approximate surface area is 121 Å². The van der Waals surface area contributed by atoms with E-state index in [4.69, 9.17) is 5.73 Å². The number of nitrogens with two attached hydrogens (primary N) is 1. The van der Waals surface area contributed by atoms with Crippen molar-refractivity contribution in [1.29, 1.82) is 0 Å². The van der Waals surface area contributed by atoms with Crippen LogP contribution in [0.15, 0.2) is 24.3 Å². The number of benzene rings is 1. The first kappa shape index (κ1) is 15.5. The maximum absolute atomic E-state index is 13.0. The Kier molecular flexibility index (Phi) is 4.82. The van der Waals surface area contributed by atoms with Crippen LogP contribution in [0.25, 0.3) is 0 Å². The van der Waals surface area contributed by atoms with E-state index in [1.807, 2.05) is 0 Å². The number of hydrogen-bond acceptors (Lipinski definition) is 2. The number of aliphatic hydroxyl groups excluding tert-OH is 1. The number of rotatable bonds is 4. The van der Waals surface area contributed by atoms with E-state index in [-0.39, 0.29) is 23.1 Å². The van der Waals surface area contributed by atoms with Crippen LogP contribution in [0.3, 0.4) is 0 Å². The van der Waals surface area contributed by atoms with Gasteiger partial charge in [0, 0.05) is 12.5 Å². The third-order valence-electron chi connectivity index (χ3n) is 4.97. The first-order chi connectivity index (χ1) is 9.45. The van der Waals surface area contributed by atoms with Crippen molar-refractivity contribution < 1.29 is 9.50 Å². The minimum absolute atomic E-state index is 0.113. The van der Waals surface area contributed by atoms with Gasteiger partial charge < -0.3 is 10.8 Å². The van der Waals surface area contributed by atoms with Gasteiger partial charge in [-0.15, -0.1) is 0 Å². The Bertz CT molecular complexity index is 429. The quantitative estimate of drug-likeness (QED) is 0.886. The Morgan fingerprint density at radius 2 is 1.95 bits per heavy atom. The van der Waals surface area contributed by atoms with E-state index in [2.05, 4.69) is 13.8 Å². The van der Waals surface area contributed by atoms with Gasteiger partial charge >= 0.3 is 0 Å². The van der Waals surface area contributed by atoms with Gasteiger partial charge in [0.1, 0.15) is 5.82 Å². The molecular formula is C17H26FNO. The maximum Gasteiger partial charge on any atom is 0.123 e. The molecule has 3 N–H and O–H groups in total. The van der Waals surface area contributed by atoms with E-state index in [0.29, 0.717) is 6.54 Å². The summed E-state index contributed by atoms with van der Waals surface area (Å²) < 4.78 is 13.0. The molecule has 112 valence electrons. The van der Waals surface area contributed by atoms with E-state index in [1.165, 1.54) is 25.0 Å². The highest BCUT2D eigenvalue weighted by Gasteiger charge is 2.39. The second-order valence-corrected chi connectivity index (χ2v) is 6.73. The normalized spacial score (nSPS) is 25.1. The summed E-state index contributed by atoms with van der Waals surface area (Å²) in [6.45, 7) is 4.86. The standard InChI is InChI=1S/C17H26FNO/c1-17(2)10-4-3-5-15(17)16(20)14(11-19)12-6-8-13(18)9-7-12/h6-9,14-16,20H,3-5,10-11,19H2,1-2H3. The van der Waals surface area contributed by atoms with Gasteiger partial charge in [-0.25, -0.2) is 4.39 Å².